The fourth-order valence-electron chi connectivity index (χ4n) is 2.74. The summed E-state index contributed by atoms with van der Waals surface area (Å²) >= 11 is 1.63. The Morgan fingerprint density at radius 2 is 1.76 bits per heavy atom. The first-order valence-corrected chi connectivity index (χ1v) is 7.65. The van der Waals surface area contributed by atoms with E-state index in [1.807, 2.05) is 47.9 Å². The number of hydrogen-bond acceptors (Lipinski definition) is 3. The number of nitriles is 1. The SMILES string of the molecule is N#CC1=c2c(oc3ccccc23)=CSC1c1ccccc1. The molecule has 1 aliphatic rings. The van der Waals surface area contributed by atoms with Gasteiger partial charge in [-0.05, 0) is 11.6 Å². The Labute approximate surface area is 126 Å². The third-order valence-electron chi connectivity index (χ3n) is 3.69. The summed E-state index contributed by atoms with van der Waals surface area (Å²) in [7, 11) is 0. The molecule has 1 atom stereocenters. The van der Waals surface area contributed by atoms with Crippen LogP contribution in [0.4, 0.5) is 0 Å². The number of thioether (sulfide) groups is 1. The molecule has 1 unspecified atom stereocenters. The van der Waals surface area contributed by atoms with Gasteiger partial charge in [0, 0.05) is 16.0 Å². The van der Waals surface area contributed by atoms with E-state index in [-0.39, 0.29) is 5.25 Å². The number of rotatable bonds is 1. The van der Waals surface area contributed by atoms with Crippen LogP contribution in [0.2, 0.25) is 0 Å². The fourth-order valence-corrected chi connectivity index (χ4v) is 3.79. The zero-order valence-corrected chi connectivity index (χ0v) is 11.9. The van der Waals surface area contributed by atoms with Crippen molar-refractivity contribution in [2.75, 3.05) is 0 Å². The Bertz CT molecular complexity index is 979. The van der Waals surface area contributed by atoms with Gasteiger partial charge in [0.15, 0.2) is 0 Å². The van der Waals surface area contributed by atoms with Crippen LogP contribution in [0.5, 0.6) is 0 Å². The smallest absolute Gasteiger partial charge is 0.142 e. The molecule has 3 aromatic rings. The minimum Gasteiger partial charge on any atom is -0.455 e. The van der Waals surface area contributed by atoms with Crippen LogP contribution >= 0.6 is 11.8 Å². The summed E-state index contributed by atoms with van der Waals surface area (Å²) in [5.74, 6) is 0. The number of furan rings is 1. The molecule has 1 aromatic heterocycles. The molecule has 2 aromatic carbocycles. The van der Waals surface area contributed by atoms with Crippen molar-refractivity contribution in [2.45, 2.75) is 5.25 Å². The summed E-state index contributed by atoms with van der Waals surface area (Å²) in [6, 6.07) is 20.4. The molecule has 0 saturated heterocycles. The minimum atomic E-state index is 0.0321. The molecular weight excluding hydrogens is 278 g/mol. The van der Waals surface area contributed by atoms with E-state index in [0.717, 1.165) is 32.7 Å². The van der Waals surface area contributed by atoms with E-state index in [1.54, 1.807) is 11.8 Å². The zero-order chi connectivity index (χ0) is 14.2. The second-order valence-electron chi connectivity index (χ2n) is 4.91. The van der Waals surface area contributed by atoms with Crippen molar-refractivity contribution >= 4 is 33.7 Å². The van der Waals surface area contributed by atoms with Crippen LogP contribution in [0, 0.1) is 11.3 Å². The summed E-state index contributed by atoms with van der Waals surface area (Å²) in [5, 5.41) is 13.7. The first-order valence-electron chi connectivity index (χ1n) is 6.71. The Kier molecular flexibility index (Phi) is 2.83. The molecule has 0 fully saturated rings. The van der Waals surface area contributed by atoms with Crippen molar-refractivity contribution in [3.8, 4) is 6.07 Å². The van der Waals surface area contributed by atoms with E-state index in [4.69, 9.17) is 4.42 Å². The average Bonchev–Trinajstić information content (AvgIpc) is 2.93. The molecule has 21 heavy (non-hydrogen) atoms. The maximum atomic E-state index is 9.69. The van der Waals surface area contributed by atoms with Gasteiger partial charge in [0.1, 0.15) is 11.0 Å². The lowest BCUT2D eigenvalue weighted by atomic mass is 10.0. The molecule has 0 amide bonds. The maximum Gasteiger partial charge on any atom is 0.142 e. The van der Waals surface area contributed by atoms with Gasteiger partial charge in [-0.2, -0.15) is 5.26 Å². The normalized spacial score (nSPS) is 17.1. The number of fused-ring (bicyclic) bond motifs is 3. The van der Waals surface area contributed by atoms with Crippen molar-refractivity contribution in [3.63, 3.8) is 0 Å². The van der Waals surface area contributed by atoms with Crippen molar-refractivity contribution < 1.29 is 4.42 Å². The number of benzene rings is 2. The lowest BCUT2D eigenvalue weighted by Gasteiger charge is -2.16. The van der Waals surface area contributed by atoms with Gasteiger partial charge in [-0.3, -0.25) is 0 Å². The topological polar surface area (TPSA) is 36.9 Å². The van der Waals surface area contributed by atoms with Gasteiger partial charge in [0.2, 0.25) is 0 Å². The zero-order valence-electron chi connectivity index (χ0n) is 11.1. The Hall–Kier alpha value is -2.44. The molecule has 0 bridgehead atoms. The fraction of sp³-hybridized carbons (Fsp3) is 0.0556. The van der Waals surface area contributed by atoms with Gasteiger partial charge in [0.25, 0.3) is 0 Å². The van der Waals surface area contributed by atoms with E-state index in [0.29, 0.717) is 0 Å². The predicted octanol–water partition coefficient (Wildman–Crippen LogP) is 3.33. The largest absolute Gasteiger partial charge is 0.455 e. The molecule has 0 spiro atoms. The van der Waals surface area contributed by atoms with Crippen LogP contribution in [-0.4, -0.2) is 0 Å². The monoisotopic (exact) mass is 289 g/mol. The van der Waals surface area contributed by atoms with Crippen LogP contribution in [0.25, 0.3) is 22.0 Å². The number of para-hydroxylation sites is 1. The Morgan fingerprint density at radius 3 is 2.57 bits per heavy atom. The van der Waals surface area contributed by atoms with Gasteiger partial charge >= 0.3 is 0 Å². The summed E-state index contributed by atoms with van der Waals surface area (Å²) < 4.78 is 5.86. The van der Waals surface area contributed by atoms with Crippen LogP contribution in [0.1, 0.15) is 10.8 Å². The van der Waals surface area contributed by atoms with Crippen molar-refractivity contribution in [1.29, 1.82) is 5.26 Å². The summed E-state index contributed by atoms with van der Waals surface area (Å²) in [6.07, 6.45) is 0. The number of hydrogen-bond donors (Lipinski definition) is 0. The highest BCUT2D eigenvalue weighted by molar-refractivity contribution is 8.07. The standard InChI is InChI=1S/C18H11NOS/c19-10-14-17-13-8-4-5-9-15(13)20-16(17)11-21-18(14)12-6-2-1-3-7-12/h1-9,11,18H. The van der Waals surface area contributed by atoms with E-state index >= 15 is 0 Å². The first-order chi connectivity index (χ1) is 10.4. The summed E-state index contributed by atoms with van der Waals surface area (Å²) in [6.45, 7) is 0. The lowest BCUT2D eigenvalue weighted by molar-refractivity contribution is 0.576. The van der Waals surface area contributed by atoms with Gasteiger partial charge in [-0.25, -0.2) is 0 Å². The Morgan fingerprint density at radius 1 is 1.00 bits per heavy atom. The van der Waals surface area contributed by atoms with Crippen LogP contribution in [0.3, 0.4) is 0 Å². The highest BCUT2D eigenvalue weighted by Gasteiger charge is 2.23. The molecule has 0 aliphatic carbocycles. The Balaban J connectivity index is 2.08. The quantitative estimate of drug-likeness (QED) is 0.689. The number of nitrogens with zero attached hydrogens (tertiary/aromatic N) is 1. The second-order valence-corrected chi connectivity index (χ2v) is 5.89. The van der Waals surface area contributed by atoms with Gasteiger partial charge in [-0.15, -0.1) is 11.8 Å². The minimum absolute atomic E-state index is 0.0321. The lowest BCUT2D eigenvalue weighted by Crippen LogP contribution is -2.27. The van der Waals surface area contributed by atoms with Crippen molar-refractivity contribution in [2.24, 2.45) is 0 Å². The molecule has 3 heteroatoms. The molecule has 0 N–H and O–H groups in total. The summed E-state index contributed by atoms with van der Waals surface area (Å²) in [4.78, 5) is 0. The molecule has 0 saturated carbocycles. The molecule has 0 radical (unpaired) electrons. The highest BCUT2D eigenvalue weighted by Crippen LogP contribution is 2.38. The third kappa shape index (κ3) is 1.88. The first kappa shape index (κ1) is 12.3. The van der Waals surface area contributed by atoms with Crippen LogP contribution < -0.4 is 10.6 Å². The van der Waals surface area contributed by atoms with E-state index < -0.39 is 0 Å². The average molecular weight is 289 g/mol. The molecule has 100 valence electrons. The molecule has 2 nitrogen and oxygen atoms in total. The van der Waals surface area contributed by atoms with Gasteiger partial charge in [0.05, 0.1) is 16.9 Å². The molecule has 1 aliphatic heterocycles. The highest BCUT2D eigenvalue weighted by atomic mass is 32.2. The van der Waals surface area contributed by atoms with Crippen molar-refractivity contribution in [1.82, 2.24) is 0 Å². The van der Waals surface area contributed by atoms with Crippen LogP contribution in [-0.2, 0) is 0 Å². The molecular formula is C18H11NOS. The maximum absolute atomic E-state index is 9.69. The van der Waals surface area contributed by atoms with E-state index in [2.05, 4.69) is 18.2 Å². The van der Waals surface area contributed by atoms with Gasteiger partial charge < -0.3 is 4.42 Å². The molecule has 4 rings (SSSR count). The second kappa shape index (κ2) is 4.83. The predicted molar refractivity (Wildman–Crippen MR) is 85.7 cm³/mol. The van der Waals surface area contributed by atoms with Crippen molar-refractivity contribution in [3.05, 3.63) is 70.8 Å². The van der Waals surface area contributed by atoms with E-state index in [1.165, 1.54) is 0 Å². The van der Waals surface area contributed by atoms with Gasteiger partial charge in [-0.1, -0.05) is 48.5 Å². The molecule has 2 heterocycles. The summed E-state index contributed by atoms with van der Waals surface area (Å²) in [5.41, 5.74) is 3.55. The third-order valence-corrected chi connectivity index (χ3v) is 4.82. The van der Waals surface area contributed by atoms with E-state index in [9.17, 15) is 5.26 Å². The van der Waals surface area contributed by atoms with Crippen LogP contribution in [0.15, 0.2) is 59.0 Å².